The topological polar surface area (TPSA) is 18.5 Å². The molecule has 0 aromatic carbocycles. The second kappa shape index (κ2) is 5.99. The van der Waals surface area contributed by atoms with Crippen molar-refractivity contribution in [1.29, 1.82) is 0 Å². The van der Waals surface area contributed by atoms with Gasteiger partial charge in [-0.1, -0.05) is 6.92 Å². The van der Waals surface area contributed by atoms with Crippen LogP contribution in [0.25, 0.3) is 0 Å². The van der Waals surface area contributed by atoms with E-state index in [0.29, 0.717) is 6.04 Å². The molecule has 1 rings (SSSR count). The van der Waals surface area contributed by atoms with E-state index < -0.39 is 0 Å². The van der Waals surface area contributed by atoms with E-state index in [0.717, 1.165) is 13.1 Å². The van der Waals surface area contributed by atoms with Gasteiger partial charge < -0.3 is 5.32 Å². The molecule has 0 spiro atoms. The summed E-state index contributed by atoms with van der Waals surface area (Å²) in [5.41, 5.74) is 0.245. The van der Waals surface area contributed by atoms with Gasteiger partial charge in [0, 0.05) is 44.3 Å². The monoisotopic (exact) mass is 227 g/mol. The summed E-state index contributed by atoms with van der Waals surface area (Å²) < 4.78 is 0. The zero-order chi connectivity index (χ0) is 12.2. The fraction of sp³-hybridized carbons (Fsp3) is 1.00. The first-order valence-corrected chi connectivity index (χ1v) is 6.66. The Kier molecular flexibility index (Phi) is 5.22. The Bertz CT molecular complexity index is 193. The number of hydrogen-bond acceptors (Lipinski definition) is 3. The van der Waals surface area contributed by atoms with Gasteiger partial charge in [-0.2, -0.15) is 0 Å². The largest absolute Gasteiger partial charge is 0.311 e. The number of likely N-dealkylation sites (N-methyl/N-ethyl adjacent to an activating group) is 1. The Morgan fingerprint density at radius 1 is 1.12 bits per heavy atom. The van der Waals surface area contributed by atoms with Gasteiger partial charge in [-0.15, -0.1) is 0 Å². The summed E-state index contributed by atoms with van der Waals surface area (Å²) in [5.74, 6) is 0. The molecule has 0 amide bonds. The Balaban J connectivity index is 2.31. The van der Waals surface area contributed by atoms with Crippen LogP contribution < -0.4 is 5.32 Å². The van der Waals surface area contributed by atoms with Crippen molar-refractivity contribution in [2.75, 3.05) is 39.3 Å². The lowest BCUT2D eigenvalue weighted by Gasteiger charge is -2.40. The molecule has 1 fully saturated rings. The van der Waals surface area contributed by atoms with Crippen LogP contribution in [0.15, 0.2) is 0 Å². The summed E-state index contributed by atoms with van der Waals surface area (Å²) in [7, 11) is 0. The van der Waals surface area contributed by atoms with Crippen molar-refractivity contribution in [2.45, 2.75) is 46.2 Å². The second-order valence-electron chi connectivity index (χ2n) is 5.82. The van der Waals surface area contributed by atoms with Crippen LogP contribution in [0.3, 0.4) is 0 Å². The summed E-state index contributed by atoms with van der Waals surface area (Å²) >= 11 is 0. The van der Waals surface area contributed by atoms with Crippen LogP contribution in [0.5, 0.6) is 0 Å². The normalized spacial score (nSPS) is 20.6. The van der Waals surface area contributed by atoms with Gasteiger partial charge in [-0.25, -0.2) is 0 Å². The van der Waals surface area contributed by atoms with E-state index in [1.807, 2.05) is 0 Å². The highest BCUT2D eigenvalue weighted by atomic mass is 15.3. The number of rotatable bonds is 5. The third kappa shape index (κ3) is 4.40. The Hall–Kier alpha value is -0.120. The smallest absolute Gasteiger partial charge is 0.0252 e. The van der Waals surface area contributed by atoms with Crippen molar-refractivity contribution in [3.63, 3.8) is 0 Å². The lowest BCUT2D eigenvalue weighted by atomic mass is 10.0. The van der Waals surface area contributed by atoms with Gasteiger partial charge in [0.15, 0.2) is 0 Å². The van der Waals surface area contributed by atoms with Crippen molar-refractivity contribution >= 4 is 0 Å². The predicted octanol–water partition coefficient (Wildman–Crippen LogP) is 1.40. The molecule has 0 aromatic heterocycles. The van der Waals surface area contributed by atoms with Gasteiger partial charge in [0.2, 0.25) is 0 Å². The summed E-state index contributed by atoms with van der Waals surface area (Å²) in [5, 5.41) is 3.55. The van der Waals surface area contributed by atoms with Crippen LogP contribution in [-0.4, -0.2) is 60.6 Å². The molecule has 16 heavy (non-hydrogen) atoms. The van der Waals surface area contributed by atoms with Gasteiger partial charge in [-0.3, -0.25) is 9.80 Å². The highest BCUT2D eigenvalue weighted by Gasteiger charge is 2.24. The molecule has 0 aliphatic carbocycles. The van der Waals surface area contributed by atoms with Crippen molar-refractivity contribution < 1.29 is 0 Å². The first kappa shape index (κ1) is 13.9. The molecule has 3 nitrogen and oxygen atoms in total. The highest BCUT2D eigenvalue weighted by Crippen LogP contribution is 2.10. The molecule has 1 aliphatic rings. The van der Waals surface area contributed by atoms with Crippen LogP contribution in [-0.2, 0) is 0 Å². The predicted molar refractivity (Wildman–Crippen MR) is 70.9 cm³/mol. The van der Waals surface area contributed by atoms with E-state index in [9.17, 15) is 0 Å². The third-order valence-electron chi connectivity index (χ3n) is 3.41. The molecule has 0 saturated carbocycles. The molecule has 1 saturated heterocycles. The van der Waals surface area contributed by atoms with Crippen molar-refractivity contribution in [3.8, 4) is 0 Å². The van der Waals surface area contributed by atoms with Crippen molar-refractivity contribution in [1.82, 2.24) is 15.1 Å². The maximum absolute atomic E-state index is 3.55. The van der Waals surface area contributed by atoms with Crippen LogP contribution in [0, 0.1) is 0 Å². The summed E-state index contributed by atoms with van der Waals surface area (Å²) in [6.45, 7) is 18.4. The van der Waals surface area contributed by atoms with E-state index in [-0.39, 0.29) is 5.54 Å². The number of nitrogens with zero attached hydrogens (tertiary/aromatic N) is 2. The third-order valence-corrected chi connectivity index (χ3v) is 3.41. The standard InChI is InChI=1S/C13H29N3/c1-6-14-13(4,5)11-15-7-9-16(10-8-15)12(2)3/h12,14H,6-11H2,1-5H3. The minimum absolute atomic E-state index is 0.245. The van der Waals surface area contributed by atoms with Crippen LogP contribution in [0.1, 0.15) is 34.6 Å². The minimum Gasteiger partial charge on any atom is -0.311 e. The quantitative estimate of drug-likeness (QED) is 0.766. The van der Waals surface area contributed by atoms with Gasteiger partial charge in [0.1, 0.15) is 0 Å². The van der Waals surface area contributed by atoms with Crippen LogP contribution in [0.2, 0.25) is 0 Å². The fourth-order valence-corrected chi connectivity index (χ4v) is 2.53. The molecule has 0 unspecified atom stereocenters. The van der Waals surface area contributed by atoms with E-state index >= 15 is 0 Å². The average molecular weight is 227 g/mol. The molecule has 96 valence electrons. The van der Waals surface area contributed by atoms with Crippen LogP contribution in [0.4, 0.5) is 0 Å². The molecule has 1 aliphatic heterocycles. The lowest BCUT2D eigenvalue weighted by molar-refractivity contribution is 0.0901. The molecule has 1 heterocycles. The summed E-state index contributed by atoms with van der Waals surface area (Å²) in [6, 6.07) is 0.698. The molecule has 0 atom stereocenters. The number of hydrogen-bond donors (Lipinski definition) is 1. The van der Waals surface area contributed by atoms with Gasteiger partial charge in [0.25, 0.3) is 0 Å². The maximum Gasteiger partial charge on any atom is 0.0252 e. The SMILES string of the molecule is CCNC(C)(C)CN1CCN(C(C)C)CC1. The minimum atomic E-state index is 0.245. The van der Waals surface area contributed by atoms with E-state index in [1.54, 1.807) is 0 Å². The van der Waals surface area contributed by atoms with Crippen molar-refractivity contribution in [3.05, 3.63) is 0 Å². The first-order valence-electron chi connectivity index (χ1n) is 6.66. The molecular weight excluding hydrogens is 198 g/mol. The molecule has 3 heteroatoms. The molecule has 1 N–H and O–H groups in total. The fourth-order valence-electron chi connectivity index (χ4n) is 2.53. The zero-order valence-corrected chi connectivity index (χ0v) is 11.7. The molecular formula is C13H29N3. The average Bonchev–Trinajstić information content (AvgIpc) is 2.17. The Labute approximate surface area is 101 Å². The maximum atomic E-state index is 3.55. The number of piperazine rings is 1. The first-order chi connectivity index (χ1) is 7.44. The molecule has 0 bridgehead atoms. The van der Waals surface area contributed by atoms with E-state index in [2.05, 4.69) is 49.7 Å². The van der Waals surface area contributed by atoms with Gasteiger partial charge in [-0.05, 0) is 34.2 Å². The van der Waals surface area contributed by atoms with E-state index in [4.69, 9.17) is 0 Å². The summed E-state index contributed by atoms with van der Waals surface area (Å²) in [6.07, 6.45) is 0. The lowest BCUT2D eigenvalue weighted by Crippen LogP contribution is -2.55. The van der Waals surface area contributed by atoms with Gasteiger partial charge >= 0.3 is 0 Å². The van der Waals surface area contributed by atoms with Crippen molar-refractivity contribution in [2.24, 2.45) is 0 Å². The zero-order valence-electron chi connectivity index (χ0n) is 11.7. The Morgan fingerprint density at radius 3 is 2.12 bits per heavy atom. The molecule has 0 aromatic rings. The van der Waals surface area contributed by atoms with Crippen LogP contribution >= 0.6 is 0 Å². The second-order valence-corrected chi connectivity index (χ2v) is 5.82. The highest BCUT2D eigenvalue weighted by molar-refractivity contribution is 4.84. The van der Waals surface area contributed by atoms with E-state index in [1.165, 1.54) is 26.2 Å². The number of nitrogens with one attached hydrogen (secondary N) is 1. The molecule has 0 radical (unpaired) electrons. The van der Waals surface area contributed by atoms with Gasteiger partial charge in [0.05, 0.1) is 0 Å². The summed E-state index contributed by atoms with van der Waals surface area (Å²) in [4.78, 5) is 5.15. The Morgan fingerprint density at radius 2 is 1.69 bits per heavy atom.